The molecular weight excluding hydrogens is 262 g/mol. The fraction of sp³-hybridized carbons (Fsp3) is 0.571. The number of nitrogens with zero attached hydrogens (tertiary/aromatic N) is 1. The van der Waals surface area contributed by atoms with Crippen molar-refractivity contribution in [3.8, 4) is 0 Å². The Morgan fingerprint density at radius 2 is 2.21 bits per heavy atom. The Kier molecular flexibility index (Phi) is 5.02. The topological polar surface area (TPSA) is 54.0 Å². The molecule has 1 aliphatic rings. The van der Waals surface area contributed by atoms with Gasteiger partial charge in [0, 0.05) is 18.8 Å². The second-order valence-corrected chi connectivity index (χ2v) is 5.34. The number of aromatic nitrogens is 1. The lowest BCUT2D eigenvalue weighted by atomic mass is 10.2. The summed E-state index contributed by atoms with van der Waals surface area (Å²) in [6, 6.07) is 2.02. The number of hydrogen-bond acceptors (Lipinski definition) is 3. The van der Waals surface area contributed by atoms with Crippen LogP contribution in [0.4, 0.5) is 5.82 Å². The molecule has 1 heterocycles. The maximum atomic E-state index is 12.2. The molecule has 0 radical (unpaired) electrons. The molecule has 4 nitrogen and oxygen atoms in total. The molecule has 1 aliphatic carbocycles. The van der Waals surface area contributed by atoms with Gasteiger partial charge in [0.2, 0.25) is 0 Å². The fourth-order valence-corrected chi connectivity index (χ4v) is 2.48. The molecular formula is C14H20ClN3O. The molecule has 2 rings (SSSR count). The highest BCUT2D eigenvalue weighted by molar-refractivity contribution is 6.33. The third kappa shape index (κ3) is 3.83. The molecule has 5 heteroatoms. The van der Waals surface area contributed by atoms with Gasteiger partial charge in [-0.3, -0.25) is 4.79 Å². The number of pyridine rings is 1. The van der Waals surface area contributed by atoms with Crippen LogP contribution in [0.2, 0.25) is 5.02 Å². The van der Waals surface area contributed by atoms with E-state index in [1.165, 1.54) is 19.0 Å². The van der Waals surface area contributed by atoms with Crippen molar-refractivity contribution in [3.63, 3.8) is 0 Å². The molecule has 0 bridgehead atoms. The summed E-state index contributed by atoms with van der Waals surface area (Å²) >= 11 is 6.06. The zero-order valence-electron chi connectivity index (χ0n) is 11.2. The van der Waals surface area contributed by atoms with Crippen molar-refractivity contribution in [2.75, 3.05) is 11.9 Å². The second-order valence-electron chi connectivity index (χ2n) is 4.93. The zero-order valence-corrected chi connectivity index (χ0v) is 12.0. The van der Waals surface area contributed by atoms with Crippen LogP contribution < -0.4 is 10.6 Å². The molecule has 1 amide bonds. The van der Waals surface area contributed by atoms with E-state index >= 15 is 0 Å². The fourth-order valence-electron chi connectivity index (χ4n) is 2.30. The van der Waals surface area contributed by atoms with E-state index in [9.17, 15) is 4.79 Å². The zero-order chi connectivity index (χ0) is 13.7. The van der Waals surface area contributed by atoms with Crippen LogP contribution >= 0.6 is 11.6 Å². The first-order valence-electron chi connectivity index (χ1n) is 6.91. The molecule has 0 aliphatic heterocycles. The van der Waals surface area contributed by atoms with Crippen LogP contribution in [0, 0.1) is 0 Å². The van der Waals surface area contributed by atoms with Crippen LogP contribution in [-0.4, -0.2) is 23.5 Å². The third-order valence-corrected chi connectivity index (χ3v) is 3.65. The van der Waals surface area contributed by atoms with Crippen LogP contribution in [0.15, 0.2) is 12.3 Å². The van der Waals surface area contributed by atoms with Gasteiger partial charge in [-0.1, -0.05) is 31.4 Å². The predicted molar refractivity (Wildman–Crippen MR) is 77.7 cm³/mol. The van der Waals surface area contributed by atoms with Crippen LogP contribution in [0.25, 0.3) is 0 Å². The molecule has 104 valence electrons. The summed E-state index contributed by atoms with van der Waals surface area (Å²) in [6.45, 7) is 2.91. The Morgan fingerprint density at radius 1 is 1.47 bits per heavy atom. The molecule has 0 atom stereocenters. The molecule has 1 fully saturated rings. The van der Waals surface area contributed by atoms with Crippen LogP contribution in [0.1, 0.15) is 49.4 Å². The number of rotatable bonds is 5. The normalized spacial score (nSPS) is 15.5. The van der Waals surface area contributed by atoms with Crippen molar-refractivity contribution in [1.82, 2.24) is 10.3 Å². The molecule has 0 saturated heterocycles. The average molecular weight is 282 g/mol. The second kappa shape index (κ2) is 6.75. The third-order valence-electron chi connectivity index (χ3n) is 3.35. The van der Waals surface area contributed by atoms with Gasteiger partial charge in [0.1, 0.15) is 5.82 Å². The van der Waals surface area contributed by atoms with Crippen LogP contribution in [-0.2, 0) is 0 Å². The van der Waals surface area contributed by atoms with E-state index in [4.69, 9.17) is 11.6 Å². The van der Waals surface area contributed by atoms with Crippen molar-refractivity contribution in [2.45, 2.75) is 45.1 Å². The predicted octanol–water partition coefficient (Wildman–Crippen LogP) is 3.23. The number of amides is 1. The Balaban J connectivity index is 2.06. The van der Waals surface area contributed by atoms with Crippen molar-refractivity contribution < 1.29 is 4.79 Å². The maximum Gasteiger partial charge on any atom is 0.253 e. The Labute approximate surface area is 118 Å². The van der Waals surface area contributed by atoms with Gasteiger partial charge in [-0.15, -0.1) is 0 Å². The van der Waals surface area contributed by atoms with Gasteiger partial charge in [-0.25, -0.2) is 4.98 Å². The standard InChI is InChI=1S/C14H20ClN3O/c1-2-7-16-13-8-11(12(15)9-17-13)14(19)18-10-5-3-4-6-10/h8-10H,2-7H2,1H3,(H,16,17)(H,18,19). The van der Waals surface area contributed by atoms with E-state index in [1.54, 1.807) is 6.07 Å². The number of halogens is 1. The molecule has 0 unspecified atom stereocenters. The van der Waals surface area contributed by atoms with Gasteiger partial charge in [0.05, 0.1) is 10.6 Å². The highest BCUT2D eigenvalue weighted by Crippen LogP contribution is 2.21. The molecule has 1 aromatic heterocycles. The lowest BCUT2D eigenvalue weighted by Crippen LogP contribution is -2.32. The van der Waals surface area contributed by atoms with Gasteiger partial charge >= 0.3 is 0 Å². The van der Waals surface area contributed by atoms with E-state index < -0.39 is 0 Å². The van der Waals surface area contributed by atoms with E-state index in [0.29, 0.717) is 22.4 Å². The SMILES string of the molecule is CCCNc1cc(C(=O)NC2CCCC2)c(Cl)cn1. The molecule has 19 heavy (non-hydrogen) atoms. The van der Waals surface area contributed by atoms with Gasteiger partial charge in [-0.05, 0) is 25.3 Å². The lowest BCUT2D eigenvalue weighted by molar-refractivity contribution is 0.0938. The molecule has 1 saturated carbocycles. The molecule has 0 spiro atoms. The summed E-state index contributed by atoms with van der Waals surface area (Å²) in [7, 11) is 0. The van der Waals surface area contributed by atoms with Crippen LogP contribution in [0.3, 0.4) is 0 Å². The number of carbonyl (C=O) groups excluding carboxylic acids is 1. The molecule has 2 N–H and O–H groups in total. The molecule has 1 aromatic rings. The average Bonchev–Trinajstić information content (AvgIpc) is 2.90. The van der Waals surface area contributed by atoms with E-state index in [-0.39, 0.29) is 5.91 Å². The largest absolute Gasteiger partial charge is 0.370 e. The summed E-state index contributed by atoms with van der Waals surface area (Å²) in [5.41, 5.74) is 0.502. The first kappa shape index (κ1) is 14.1. The number of hydrogen-bond donors (Lipinski definition) is 2. The monoisotopic (exact) mass is 281 g/mol. The highest BCUT2D eigenvalue weighted by Gasteiger charge is 2.19. The van der Waals surface area contributed by atoms with Gasteiger partial charge in [0.25, 0.3) is 5.91 Å². The minimum absolute atomic E-state index is 0.0983. The van der Waals surface area contributed by atoms with E-state index in [0.717, 1.165) is 25.8 Å². The molecule has 0 aromatic carbocycles. The first-order valence-corrected chi connectivity index (χ1v) is 7.28. The smallest absolute Gasteiger partial charge is 0.253 e. The highest BCUT2D eigenvalue weighted by atomic mass is 35.5. The quantitative estimate of drug-likeness (QED) is 0.871. The number of anilines is 1. The van der Waals surface area contributed by atoms with Crippen LogP contribution in [0.5, 0.6) is 0 Å². The van der Waals surface area contributed by atoms with Gasteiger partial charge < -0.3 is 10.6 Å². The van der Waals surface area contributed by atoms with Crippen molar-refractivity contribution in [2.24, 2.45) is 0 Å². The number of nitrogens with one attached hydrogen (secondary N) is 2. The van der Waals surface area contributed by atoms with Gasteiger partial charge in [0.15, 0.2) is 0 Å². The van der Waals surface area contributed by atoms with E-state index in [1.807, 2.05) is 0 Å². The minimum atomic E-state index is -0.0983. The summed E-state index contributed by atoms with van der Waals surface area (Å²) in [4.78, 5) is 16.4. The summed E-state index contributed by atoms with van der Waals surface area (Å²) in [5, 5.41) is 6.60. The Bertz CT molecular complexity index is 444. The summed E-state index contributed by atoms with van der Waals surface area (Å²) < 4.78 is 0. The minimum Gasteiger partial charge on any atom is -0.370 e. The maximum absolute atomic E-state index is 12.2. The first-order chi connectivity index (χ1) is 9.20. The summed E-state index contributed by atoms with van der Waals surface area (Å²) in [6.07, 6.45) is 7.05. The van der Waals surface area contributed by atoms with E-state index in [2.05, 4.69) is 22.5 Å². The lowest BCUT2D eigenvalue weighted by Gasteiger charge is -2.13. The van der Waals surface area contributed by atoms with Crippen molar-refractivity contribution >= 4 is 23.3 Å². The Morgan fingerprint density at radius 3 is 2.89 bits per heavy atom. The number of carbonyl (C=O) groups is 1. The van der Waals surface area contributed by atoms with Gasteiger partial charge in [-0.2, -0.15) is 0 Å². The summed E-state index contributed by atoms with van der Waals surface area (Å²) in [5.74, 6) is 0.599. The van der Waals surface area contributed by atoms with Crippen molar-refractivity contribution in [1.29, 1.82) is 0 Å². The van der Waals surface area contributed by atoms with Crippen molar-refractivity contribution in [3.05, 3.63) is 22.8 Å². The Hall–Kier alpha value is -1.29.